The molecule has 0 aliphatic heterocycles. The predicted octanol–water partition coefficient (Wildman–Crippen LogP) is 2.00. The summed E-state index contributed by atoms with van der Waals surface area (Å²) in [6.45, 7) is -0.587. The molecule has 3 nitrogen and oxygen atoms in total. The predicted molar refractivity (Wildman–Crippen MR) is 43.6 cm³/mol. The smallest absolute Gasteiger partial charge is 0.346 e. The van der Waals surface area contributed by atoms with Crippen LogP contribution in [0.15, 0.2) is 6.07 Å². The van der Waals surface area contributed by atoms with Gasteiger partial charge in [-0.05, 0) is 0 Å². The number of carbonyl (C=O) groups is 1. The van der Waals surface area contributed by atoms with E-state index in [1.54, 1.807) is 0 Å². The number of methoxy groups -OCH3 is 1. The average molecular weight is 238 g/mol. The molecule has 1 aromatic carbocycles. The Labute approximate surface area is 87.6 Å². The van der Waals surface area contributed by atoms with Crippen molar-refractivity contribution in [1.29, 1.82) is 0 Å². The lowest BCUT2D eigenvalue weighted by molar-refractivity contribution is -0.0134. The zero-order valence-electron chi connectivity index (χ0n) is 8.02. The molecule has 88 valence electrons. The zero-order chi connectivity index (χ0) is 12.3. The molecule has 0 saturated heterocycles. The molecule has 0 radical (unpaired) electrons. The summed E-state index contributed by atoms with van der Waals surface area (Å²) >= 11 is 0. The van der Waals surface area contributed by atoms with E-state index in [0.29, 0.717) is 0 Å². The summed E-state index contributed by atoms with van der Waals surface area (Å²) in [5.41, 5.74) is -1.42. The summed E-state index contributed by atoms with van der Waals surface area (Å²) in [5.74, 6) is -8.51. The topological polar surface area (TPSA) is 35.5 Å². The summed E-state index contributed by atoms with van der Waals surface area (Å²) in [6, 6.07) is -0.00221. The number of halogens is 4. The van der Waals surface area contributed by atoms with Crippen LogP contribution in [0.25, 0.3) is 0 Å². The number of ether oxygens (including phenoxy) is 2. The van der Waals surface area contributed by atoms with Crippen molar-refractivity contribution < 1.29 is 31.8 Å². The Balaban J connectivity index is 3.16. The number of benzene rings is 1. The fourth-order valence-electron chi connectivity index (χ4n) is 0.937. The minimum atomic E-state index is -1.81. The van der Waals surface area contributed by atoms with E-state index in [1.807, 2.05) is 0 Å². The molecule has 7 heteroatoms. The molecule has 0 atom stereocenters. The van der Waals surface area contributed by atoms with Crippen molar-refractivity contribution in [2.75, 3.05) is 13.9 Å². The van der Waals surface area contributed by atoms with Crippen LogP contribution in [0.1, 0.15) is 10.4 Å². The number of esters is 1. The van der Waals surface area contributed by atoms with Crippen LogP contribution in [0.2, 0.25) is 0 Å². The lowest BCUT2D eigenvalue weighted by atomic mass is 10.2. The van der Waals surface area contributed by atoms with Gasteiger partial charge in [-0.1, -0.05) is 0 Å². The van der Waals surface area contributed by atoms with Gasteiger partial charge in [0.25, 0.3) is 0 Å². The Morgan fingerprint density at radius 3 is 2.12 bits per heavy atom. The molecular weight excluding hydrogens is 232 g/mol. The van der Waals surface area contributed by atoms with Crippen LogP contribution in [-0.2, 0) is 9.47 Å². The highest BCUT2D eigenvalue weighted by molar-refractivity contribution is 5.90. The van der Waals surface area contributed by atoms with Crippen LogP contribution < -0.4 is 0 Å². The van der Waals surface area contributed by atoms with Crippen LogP contribution in [0, 0.1) is 23.3 Å². The summed E-state index contributed by atoms with van der Waals surface area (Å²) in [5, 5.41) is 0. The molecule has 0 bridgehead atoms. The standard InChI is InChI=1S/C9H6F4O3/c1-15-3-16-9(14)6-7(12)4(10)2-5(11)8(6)13/h2H,3H2,1H3. The number of rotatable bonds is 3. The second kappa shape index (κ2) is 4.93. The number of hydrogen-bond acceptors (Lipinski definition) is 3. The first kappa shape index (κ1) is 12.4. The quantitative estimate of drug-likeness (QED) is 0.349. The van der Waals surface area contributed by atoms with Crippen molar-refractivity contribution in [2.45, 2.75) is 0 Å². The number of hydrogen-bond donors (Lipinski definition) is 0. The zero-order valence-corrected chi connectivity index (χ0v) is 8.02. The Hall–Kier alpha value is -1.63. The third-order valence-electron chi connectivity index (χ3n) is 1.62. The van der Waals surface area contributed by atoms with E-state index in [-0.39, 0.29) is 6.07 Å². The van der Waals surface area contributed by atoms with Gasteiger partial charge in [-0.15, -0.1) is 0 Å². The highest BCUT2D eigenvalue weighted by Crippen LogP contribution is 2.19. The van der Waals surface area contributed by atoms with Gasteiger partial charge in [0, 0.05) is 13.2 Å². The Kier molecular flexibility index (Phi) is 3.83. The molecule has 0 heterocycles. The van der Waals surface area contributed by atoms with Crippen LogP contribution in [0.4, 0.5) is 17.6 Å². The average Bonchev–Trinajstić information content (AvgIpc) is 2.24. The molecule has 0 amide bonds. The molecular formula is C9H6F4O3. The molecule has 0 unspecified atom stereocenters. The van der Waals surface area contributed by atoms with Crippen LogP contribution >= 0.6 is 0 Å². The lowest BCUT2D eigenvalue weighted by Crippen LogP contribution is -2.14. The molecule has 16 heavy (non-hydrogen) atoms. The minimum absolute atomic E-state index is 0.00221. The first-order chi connectivity index (χ1) is 7.49. The Morgan fingerprint density at radius 2 is 1.69 bits per heavy atom. The van der Waals surface area contributed by atoms with E-state index in [0.717, 1.165) is 7.11 Å². The molecule has 0 spiro atoms. The van der Waals surface area contributed by atoms with E-state index in [9.17, 15) is 22.4 Å². The molecule has 0 N–H and O–H groups in total. The lowest BCUT2D eigenvalue weighted by Gasteiger charge is -2.06. The molecule has 0 fully saturated rings. The van der Waals surface area contributed by atoms with E-state index in [1.165, 1.54) is 0 Å². The van der Waals surface area contributed by atoms with E-state index in [2.05, 4.69) is 9.47 Å². The maximum atomic E-state index is 13.0. The summed E-state index contributed by atoms with van der Waals surface area (Å²) < 4.78 is 59.8. The van der Waals surface area contributed by atoms with Gasteiger partial charge in [-0.2, -0.15) is 0 Å². The van der Waals surface area contributed by atoms with Crippen molar-refractivity contribution in [3.63, 3.8) is 0 Å². The maximum Gasteiger partial charge on any atom is 0.346 e. The first-order valence-corrected chi connectivity index (χ1v) is 3.98. The normalized spacial score (nSPS) is 10.3. The number of carbonyl (C=O) groups excluding carboxylic acids is 1. The molecule has 0 aliphatic carbocycles. The van der Waals surface area contributed by atoms with E-state index >= 15 is 0 Å². The summed E-state index contributed by atoms with van der Waals surface area (Å²) in [7, 11) is 1.16. The van der Waals surface area contributed by atoms with Gasteiger partial charge in [0.2, 0.25) is 0 Å². The maximum absolute atomic E-state index is 13.0. The largest absolute Gasteiger partial charge is 0.435 e. The van der Waals surface area contributed by atoms with Crippen molar-refractivity contribution in [3.05, 3.63) is 34.9 Å². The summed E-state index contributed by atoms with van der Waals surface area (Å²) in [4.78, 5) is 11.0. The van der Waals surface area contributed by atoms with Gasteiger partial charge in [0.15, 0.2) is 30.1 Å². The fraction of sp³-hybridized carbons (Fsp3) is 0.222. The molecule has 0 aliphatic rings. The van der Waals surface area contributed by atoms with Gasteiger partial charge in [0.1, 0.15) is 5.56 Å². The van der Waals surface area contributed by atoms with Gasteiger partial charge in [-0.3, -0.25) is 0 Å². The second-order valence-corrected chi connectivity index (χ2v) is 2.68. The monoisotopic (exact) mass is 238 g/mol. The Bertz CT molecular complexity index is 393. The van der Waals surface area contributed by atoms with Crippen molar-refractivity contribution >= 4 is 5.97 Å². The van der Waals surface area contributed by atoms with Crippen molar-refractivity contribution in [3.8, 4) is 0 Å². The van der Waals surface area contributed by atoms with Crippen molar-refractivity contribution in [2.24, 2.45) is 0 Å². The first-order valence-electron chi connectivity index (χ1n) is 3.98. The van der Waals surface area contributed by atoms with Crippen LogP contribution in [0.3, 0.4) is 0 Å². The Morgan fingerprint density at radius 1 is 1.19 bits per heavy atom. The highest BCUT2D eigenvalue weighted by Gasteiger charge is 2.25. The minimum Gasteiger partial charge on any atom is -0.435 e. The van der Waals surface area contributed by atoms with E-state index < -0.39 is 41.6 Å². The van der Waals surface area contributed by atoms with Gasteiger partial charge < -0.3 is 9.47 Å². The van der Waals surface area contributed by atoms with E-state index in [4.69, 9.17) is 0 Å². The van der Waals surface area contributed by atoms with Gasteiger partial charge >= 0.3 is 5.97 Å². The third-order valence-corrected chi connectivity index (χ3v) is 1.62. The van der Waals surface area contributed by atoms with Crippen LogP contribution in [0.5, 0.6) is 0 Å². The van der Waals surface area contributed by atoms with Crippen LogP contribution in [-0.4, -0.2) is 19.9 Å². The third kappa shape index (κ3) is 2.30. The SMILES string of the molecule is COCOC(=O)c1c(F)c(F)cc(F)c1F. The molecule has 0 saturated carbocycles. The fourth-order valence-corrected chi connectivity index (χ4v) is 0.937. The molecule has 0 aromatic heterocycles. The van der Waals surface area contributed by atoms with Gasteiger partial charge in [-0.25, -0.2) is 22.4 Å². The molecule has 1 rings (SSSR count). The van der Waals surface area contributed by atoms with Crippen molar-refractivity contribution in [1.82, 2.24) is 0 Å². The second-order valence-electron chi connectivity index (χ2n) is 2.68. The summed E-state index contributed by atoms with van der Waals surface area (Å²) in [6.07, 6.45) is 0. The highest BCUT2D eigenvalue weighted by atomic mass is 19.2. The van der Waals surface area contributed by atoms with Gasteiger partial charge in [0.05, 0.1) is 0 Å². The molecule has 1 aromatic rings.